The van der Waals surface area contributed by atoms with Gasteiger partial charge in [-0.15, -0.1) is 0 Å². The second-order valence-corrected chi connectivity index (χ2v) is 5.51. The van der Waals surface area contributed by atoms with Crippen LogP contribution in [0.5, 0.6) is 0 Å². The minimum atomic E-state index is -4.41. The number of halogens is 3. The SMILES string of the molecule is CCCCCCCC(=O)C(=CNC)c1cccc(C(F)(F)F)c1. The zero-order chi connectivity index (χ0) is 17.3. The maximum absolute atomic E-state index is 12.8. The van der Waals surface area contributed by atoms with E-state index >= 15 is 0 Å². The summed E-state index contributed by atoms with van der Waals surface area (Å²) in [6, 6.07) is 4.90. The van der Waals surface area contributed by atoms with Crippen LogP contribution in [0.25, 0.3) is 5.57 Å². The molecule has 0 aliphatic rings. The van der Waals surface area contributed by atoms with Crippen molar-refractivity contribution in [2.24, 2.45) is 0 Å². The molecule has 1 aromatic carbocycles. The predicted octanol–water partition coefficient (Wildman–Crippen LogP) is 5.20. The number of rotatable bonds is 9. The third kappa shape index (κ3) is 6.47. The molecule has 0 heterocycles. The van der Waals surface area contributed by atoms with Gasteiger partial charge in [-0.2, -0.15) is 13.2 Å². The fourth-order valence-electron chi connectivity index (χ4n) is 2.36. The van der Waals surface area contributed by atoms with Gasteiger partial charge < -0.3 is 5.32 Å². The Bertz CT molecular complexity index is 535. The van der Waals surface area contributed by atoms with Crippen molar-refractivity contribution in [3.05, 3.63) is 41.6 Å². The Hall–Kier alpha value is -1.78. The lowest BCUT2D eigenvalue weighted by molar-refractivity contribution is -0.137. The third-order valence-corrected chi connectivity index (χ3v) is 3.60. The van der Waals surface area contributed by atoms with Gasteiger partial charge in [-0.25, -0.2) is 0 Å². The maximum Gasteiger partial charge on any atom is 0.416 e. The molecule has 23 heavy (non-hydrogen) atoms. The highest BCUT2D eigenvalue weighted by atomic mass is 19.4. The molecule has 0 amide bonds. The van der Waals surface area contributed by atoms with Crippen molar-refractivity contribution in [3.63, 3.8) is 0 Å². The Balaban J connectivity index is 2.82. The highest BCUT2D eigenvalue weighted by Crippen LogP contribution is 2.31. The molecule has 0 fully saturated rings. The highest BCUT2D eigenvalue weighted by molar-refractivity contribution is 6.20. The van der Waals surface area contributed by atoms with E-state index in [1.54, 1.807) is 7.05 Å². The number of hydrogen-bond donors (Lipinski definition) is 1. The Kier molecular flexibility index (Phi) is 7.86. The smallest absolute Gasteiger partial charge is 0.393 e. The van der Waals surface area contributed by atoms with Crippen LogP contribution in [0, 0.1) is 0 Å². The Morgan fingerprint density at radius 2 is 1.87 bits per heavy atom. The number of alkyl halides is 3. The van der Waals surface area contributed by atoms with Crippen molar-refractivity contribution in [1.82, 2.24) is 5.32 Å². The first-order valence-corrected chi connectivity index (χ1v) is 7.98. The van der Waals surface area contributed by atoms with Crippen molar-refractivity contribution in [2.75, 3.05) is 7.05 Å². The number of Topliss-reactive ketones (excluding diaryl/α,β-unsaturated/α-hetero) is 1. The number of unbranched alkanes of at least 4 members (excludes halogenated alkanes) is 4. The van der Waals surface area contributed by atoms with Gasteiger partial charge in [-0.3, -0.25) is 4.79 Å². The van der Waals surface area contributed by atoms with E-state index in [4.69, 9.17) is 0 Å². The number of benzene rings is 1. The summed E-state index contributed by atoms with van der Waals surface area (Å²) in [4.78, 5) is 12.3. The fourth-order valence-corrected chi connectivity index (χ4v) is 2.36. The van der Waals surface area contributed by atoms with Crippen LogP contribution in [-0.2, 0) is 11.0 Å². The maximum atomic E-state index is 12.8. The molecular weight excluding hydrogens is 303 g/mol. The molecular formula is C18H24F3NO. The molecule has 1 N–H and O–H groups in total. The Morgan fingerprint density at radius 3 is 2.48 bits per heavy atom. The zero-order valence-electron chi connectivity index (χ0n) is 13.7. The van der Waals surface area contributed by atoms with E-state index in [0.29, 0.717) is 17.6 Å². The first kappa shape index (κ1) is 19.3. The Labute approximate surface area is 135 Å². The van der Waals surface area contributed by atoms with Crippen LogP contribution in [-0.4, -0.2) is 12.8 Å². The van der Waals surface area contributed by atoms with Crippen LogP contribution in [0.4, 0.5) is 13.2 Å². The zero-order valence-corrected chi connectivity index (χ0v) is 13.7. The van der Waals surface area contributed by atoms with Crippen molar-refractivity contribution >= 4 is 11.4 Å². The summed E-state index contributed by atoms with van der Waals surface area (Å²) in [5.41, 5.74) is -0.144. The number of ketones is 1. The summed E-state index contributed by atoms with van der Waals surface area (Å²) < 4.78 is 38.5. The van der Waals surface area contributed by atoms with Gasteiger partial charge in [-0.05, 0) is 24.1 Å². The minimum absolute atomic E-state index is 0.129. The molecule has 0 saturated heterocycles. The van der Waals surface area contributed by atoms with Crippen LogP contribution in [0.2, 0.25) is 0 Å². The van der Waals surface area contributed by atoms with Gasteiger partial charge >= 0.3 is 6.18 Å². The average Bonchev–Trinajstić information content (AvgIpc) is 2.51. The molecule has 0 saturated carbocycles. The number of allylic oxidation sites excluding steroid dienone is 1. The van der Waals surface area contributed by atoms with Crippen LogP contribution in [0.15, 0.2) is 30.5 Å². The van der Waals surface area contributed by atoms with E-state index in [-0.39, 0.29) is 5.78 Å². The first-order valence-electron chi connectivity index (χ1n) is 7.98. The van der Waals surface area contributed by atoms with Gasteiger partial charge in [0.1, 0.15) is 0 Å². The second-order valence-electron chi connectivity index (χ2n) is 5.51. The van der Waals surface area contributed by atoms with E-state index in [1.807, 2.05) is 0 Å². The quantitative estimate of drug-likeness (QED) is 0.499. The molecule has 0 aliphatic carbocycles. The van der Waals surface area contributed by atoms with E-state index < -0.39 is 11.7 Å². The monoisotopic (exact) mass is 327 g/mol. The highest BCUT2D eigenvalue weighted by Gasteiger charge is 2.30. The molecule has 0 atom stereocenters. The largest absolute Gasteiger partial charge is 0.416 e. The van der Waals surface area contributed by atoms with Crippen LogP contribution < -0.4 is 5.32 Å². The lowest BCUT2D eigenvalue weighted by Crippen LogP contribution is -2.09. The van der Waals surface area contributed by atoms with Gasteiger partial charge in [0.15, 0.2) is 5.78 Å². The molecule has 1 aromatic rings. The Morgan fingerprint density at radius 1 is 1.17 bits per heavy atom. The second kappa shape index (κ2) is 9.38. The molecule has 0 aromatic heterocycles. The van der Waals surface area contributed by atoms with E-state index in [1.165, 1.54) is 18.3 Å². The summed E-state index contributed by atoms with van der Waals surface area (Å²) in [7, 11) is 1.63. The minimum Gasteiger partial charge on any atom is -0.393 e. The van der Waals surface area contributed by atoms with Gasteiger partial charge in [0, 0.05) is 25.2 Å². The van der Waals surface area contributed by atoms with Gasteiger partial charge in [0.25, 0.3) is 0 Å². The summed E-state index contributed by atoms with van der Waals surface area (Å²) >= 11 is 0. The van der Waals surface area contributed by atoms with Crippen LogP contribution in [0.1, 0.15) is 56.6 Å². The van der Waals surface area contributed by atoms with E-state index in [0.717, 1.165) is 44.2 Å². The van der Waals surface area contributed by atoms with Crippen molar-refractivity contribution in [1.29, 1.82) is 0 Å². The molecule has 0 radical (unpaired) electrons. The molecule has 128 valence electrons. The standard InChI is InChI=1S/C18H24F3NO/c1-3-4-5-6-7-11-17(23)16(13-22-2)14-9-8-10-15(12-14)18(19,20)21/h8-10,12-13,22H,3-7,11H2,1-2H3. The molecule has 0 bridgehead atoms. The molecule has 0 spiro atoms. The van der Waals surface area contributed by atoms with Crippen molar-refractivity contribution in [3.8, 4) is 0 Å². The fraction of sp³-hybridized carbons (Fsp3) is 0.500. The average molecular weight is 327 g/mol. The summed E-state index contributed by atoms with van der Waals surface area (Å²) in [5, 5.41) is 2.75. The first-order chi connectivity index (χ1) is 10.9. The van der Waals surface area contributed by atoms with Crippen LogP contribution in [0.3, 0.4) is 0 Å². The van der Waals surface area contributed by atoms with Gasteiger partial charge in [-0.1, -0.05) is 44.7 Å². The van der Waals surface area contributed by atoms with Gasteiger partial charge in [0.2, 0.25) is 0 Å². The molecule has 1 rings (SSSR count). The molecule has 0 aliphatic heterocycles. The molecule has 0 unspecified atom stereocenters. The van der Waals surface area contributed by atoms with Crippen molar-refractivity contribution in [2.45, 2.75) is 51.6 Å². The number of carbonyl (C=O) groups is 1. The predicted molar refractivity (Wildman–Crippen MR) is 86.9 cm³/mol. The molecule has 2 nitrogen and oxygen atoms in total. The summed E-state index contributed by atoms with van der Waals surface area (Å²) in [5.74, 6) is -0.129. The lowest BCUT2D eigenvalue weighted by atomic mass is 9.97. The van der Waals surface area contributed by atoms with E-state index in [9.17, 15) is 18.0 Å². The lowest BCUT2D eigenvalue weighted by Gasteiger charge is -2.11. The van der Waals surface area contributed by atoms with Crippen LogP contribution >= 0.6 is 0 Å². The number of nitrogens with one attached hydrogen (secondary N) is 1. The summed E-state index contributed by atoms with van der Waals surface area (Å²) in [6.45, 7) is 2.12. The normalized spacial score (nSPS) is 12.3. The van der Waals surface area contributed by atoms with E-state index in [2.05, 4.69) is 12.2 Å². The summed E-state index contributed by atoms with van der Waals surface area (Å²) in [6.07, 6.45) is 2.50. The molecule has 5 heteroatoms. The van der Waals surface area contributed by atoms with Gasteiger partial charge in [0.05, 0.1) is 5.56 Å². The number of carbonyl (C=O) groups excluding carboxylic acids is 1. The van der Waals surface area contributed by atoms with Crippen molar-refractivity contribution < 1.29 is 18.0 Å². The third-order valence-electron chi connectivity index (χ3n) is 3.60. The topological polar surface area (TPSA) is 29.1 Å². The number of hydrogen-bond acceptors (Lipinski definition) is 2.